The summed E-state index contributed by atoms with van der Waals surface area (Å²) in [5.74, 6) is -2.50. The summed E-state index contributed by atoms with van der Waals surface area (Å²) in [6.07, 6.45) is 3.78. The van der Waals surface area contributed by atoms with Crippen molar-refractivity contribution < 1.29 is 14.4 Å². The van der Waals surface area contributed by atoms with Gasteiger partial charge in [0.15, 0.2) is 5.78 Å². The molecule has 0 N–H and O–H groups in total. The average Bonchev–Trinajstić information content (AvgIpc) is 3.52. The Kier molecular flexibility index (Phi) is 4.73. The molecule has 0 bridgehead atoms. The number of anilines is 1. The largest absolute Gasteiger partial charge is 0.358 e. The number of hydrogen-bond acceptors (Lipinski definition) is 5. The predicted octanol–water partition coefficient (Wildman–Crippen LogP) is 5.45. The van der Waals surface area contributed by atoms with Crippen molar-refractivity contribution in [2.75, 3.05) is 4.90 Å². The van der Waals surface area contributed by atoms with Gasteiger partial charge in [0.25, 0.3) is 0 Å². The molecule has 0 aliphatic carbocycles. The third-order valence-electron chi connectivity index (χ3n) is 6.64. The number of carbonyl (C=O) groups excluding carboxylic acids is 3. The molecule has 3 aliphatic heterocycles. The van der Waals surface area contributed by atoms with Gasteiger partial charge in [-0.15, -0.1) is 11.3 Å². The topological polar surface area (TPSA) is 57.7 Å². The van der Waals surface area contributed by atoms with Crippen LogP contribution in [0.2, 0.25) is 10.0 Å². The predicted molar refractivity (Wildman–Crippen MR) is 128 cm³/mol. The van der Waals surface area contributed by atoms with Crippen LogP contribution in [0, 0.1) is 11.8 Å². The maximum atomic E-state index is 13.8. The summed E-state index contributed by atoms with van der Waals surface area (Å²) < 4.78 is 0. The fourth-order valence-corrected chi connectivity index (χ4v) is 6.38. The quantitative estimate of drug-likeness (QED) is 0.358. The third kappa shape index (κ3) is 2.94. The molecule has 6 rings (SSSR count). The Labute approximate surface area is 203 Å². The van der Waals surface area contributed by atoms with Gasteiger partial charge < -0.3 is 4.90 Å². The maximum Gasteiger partial charge on any atom is 0.240 e. The molecule has 2 aromatic carbocycles. The van der Waals surface area contributed by atoms with Crippen LogP contribution in [0.1, 0.15) is 26.8 Å². The van der Waals surface area contributed by atoms with Gasteiger partial charge in [0.2, 0.25) is 11.8 Å². The summed E-state index contributed by atoms with van der Waals surface area (Å²) in [4.78, 5) is 44.8. The highest BCUT2D eigenvalue weighted by atomic mass is 35.5. The number of benzene rings is 2. The monoisotopic (exact) mass is 494 g/mol. The van der Waals surface area contributed by atoms with Crippen LogP contribution < -0.4 is 4.90 Å². The summed E-state index contributed by atoms with van der Waals surface area (Å²) >= 11 is 13.9. The Morgan fingerprint density at radius 3 is 2.52 bits per heavy atom. The number of imide groups is 1. The van der Waals surface area contributed by atoms with E-state index in [1.165, 1.54) is 17.4 Å². The van der Waals surface area contributed by atoms with Crippen molar-refractivity contribution >= 4 is 63.9 Å². The maximum absolute atomic E-state index is 13.8. The van der Waals surface area contributed by atoms with Gasteiger partial charge in [0.1, 0.15) is 6.04 Å². The lowest BCUT2D eigenvalue weighted by Gasteiger charge is -2.35. The van der Waals surface area contributed by atoms with Crippen molar-refractivity contribution in [3.63, 3.8) is 0 Å². The van der Waals surface area contributed by atoms with Crippen molar-refractivity contribution in [3.05, 3.63) is 92.2 Å². The van der Waals surface area contributed by atoms with Crippen molar-refractivity contribution in [1.29, 1.82) is 0 Å². The van der Waals surface area contributed by atoms with Crippen LogP contribution in [0.3, 0.4) is 0 Å². The lowest BCUT2D eigenvalue weighted by atomic mass is 9.84. The summed E-state index contributed by atoms with van der Waals surface area (Å²) in [6, 6.07) is 14.8. The first-order valence-corrected chi connectivity index (χ1v) is 12.1. The van der Waals surface area contributed by atoms with E-state index in [0.29, 0.717) is 9.90 Å². The first kappa shape index (κ1) is 20.7. The molecule has 3 aliphatic rings. The normalized spacial score (nSPS) is 25.3. The smallest absolute Gasteiger partial charge is 0.240 e. The Morgan fingerprint density at radius 2 is 1.73 bits per heavy atom. The fraction of sp³-hybridized carbons (Fsp3) is 0.160. The van der Waals surface area contributed by atoms with E-state index in [2.05, 4.69) is 0 Å². The lowest BCUT2D eigenvalue weighted by Crippen LogP contribution is -2.44. The van der Waals surface area contributed by atoms with Crippen molar-refractivity contribution in [3.8, 4) is 0 Å². The van der Waals surface area contributed by atoms with Crippen molar-refractivity contribution in [2.45, 2.75) is 12.1 Å². The van der Waals surface area contributed by atoms with E-state index in [9.17, 15) is 14.4 Å². The van der Waals surface area contributed by atoms with Crippen LogP contribution in [0.25, 0.3) is 6.08 Å². The SMILES string of the molecule is O=C(c1cccs1)C1C2C(=O)N(c3cc(Cl)ccc3Cl)C(=O)C2C2c3ccccc3C=CN12. The molecule has 1 aromatic heterocycles. The molecule has 2 saturated heterocycles. The van der Waals surface area contributed by atoms with Gasteiger partial charge >= 0.3 is 0 Å². The van der Waals surface area contributed by atoms with E-state index >= 15 is 0 Å². The number of fused-ring (bicyclic) bond motifs is 5. The van der Waals surface area contributed by atoms with E-state index < -0.39 is 29.8 Å². The highest BCUT2D eigenvalue weighted by molar-refractivity contribution is 7.12. The molecule has 4 atom stereocenters. The van der Waals surface area contributed by atoms with Crippen LogP contribution in [0.5, 0.6) is 0 Å². The van der Waals surface area contributed by atoms with Gasteiger partial charge in [-0.3, -0.25) is 14.4 Å². The van der Waals surface area contributed by atoms with E-state index in [0.717, 1.165) is 16.0 Å². The van der Waals surface area contributed by atoms with Crippen LogP contribution in [-0.4, -0.2) is 28.5 Å². The number of Topliss-reactive ketones (excluding diaryl/α,β-unsaturated/α-hetero) is 1. The average molecular weight is 495 g/mol. The fourth-order valence-electron chi connectivity index (χ4n) is 5.32. The van der Waals surface area contributed by atoms with E-state index in [4.69, 9.17) is 23.2 Å². The molecule has 4 heterocycles. The molecule has 2 amide bonds. The van der Waals surface area contributed by atoms with Gasteiger partial charge in [-0.05, 0) is 46.8 Å². The molecule has 5 nitrogen and oxygen atoms in total. The van der Waals surface area contributed by atoms with Crippen molar-refractivity contribution in [1.82, 2.24) is 4.90 Å². The minimum Gasteiger partial charge on any atom is -0.358 e. The molecular formula is C25H16Cl2N2O3S. The van der Waals surface area contributed by atoms with E-state index in [1.807, 2.05) is 52.9 Å². The molecular weight excluding hydrogens is 479 g/mol. The minimum atomic E-state index is -0.831. The molecule has 0 spiro atoms. The first-order valence-electron chi connectivity index (χ1n) is 10.4. The molecule has 3 aromatic rings. The van der Waals surface area contributed by atoms with Gasteiger partial charge in [-0.2, -0.15) is 0 Å². The van der Waals surface area contributed by atoms with E-state index in [1.54, 1.807) is 18.2 Å². The molecule has 0 saturated carbocycles. The van der Waals surface area contributed by atoms with Crippen LogP contribution in [-0.2, 0) is 9.59 Å². The Hall–Kier alpha value is -2.93. The van der Waals surface area contributed by atoms with Gasteiger partial charge in [-0.1, -0.05) is 53.5 Å². The number of ketones is 1. The van der Waals surface area contributed by atoms with Gasteiger partial charge in [0, 0.05) is 11.2 Å². The second kappa shape index (κ2) is 7.55. The number of thiophene rings is 1. The summed E-state index contributed by atoms with van der Waals surface area (Å²) in [7, 11) is 0. The molecule has 164 valence electrons. The molecule has 2 fully saturated rings. The summed E-state index contributed by atoms with van der Waals surface area (Å²) in [5.41, 5.74) is 2.15. The zero-order valence-electron chi connectivity index (χ0n) is 17.0. The first-order chi connectivity index (χ1) is 16.0. The number of hydrogen-bond donors (Lipinski definition) is 0. The van der Waals surface area contributed by atoms with Crippen molar-refractivity contribution in [2.24, 2.45) is 11.8 Å². The van der Waals surface area contributed by atoms with Gasteiger partial charge in [0.05, 0.1) is 33.5 Å². The van der Waals surface area contributed by atoms with Gasteiger partial charge in [-0.25, -0.2) is 4.90 Å². The van der Waals surface area contributed by atoms with E-state index in [-0.39, 0.29) is 22.4 Å². The molecule has 0 radical (unpaired) electrons. The third-order valence-corrected chi connectivity index (χ3v) is 8.08. The number of nitrogens with zero attached hydrogens (tertiary/aromatic N) is 2. The Morgan fingerprint density at radius 1 is 0.939 bits per heavy atom. The number of halogens is 2. The molecule has 33 heavy (non-hydrogen) atoms. The second-order valence-electron chi connectivity index (χ2n) is 8.28. The standard InChI is InChI=1S/C25H16Cl2N2O3S/c26-14-7-8-16(27)17(12-14)29-24(31)19-20(25(29)32)22(23(30)18-6-3-11-33-18)28-10-9-13-4-1-2-5-15(13)21(19)28/h1-12,19-22H. The highest BCUT2D eigenvalue weighted by Crippen LogP contribution is 2.54. The van der Waals surface area contributed by atoms with Crippen LogP contribution >= 0.6 is 34.5 Å². The van der Waals surface area contributed by atoms with Crippen LogP contribution in [0.4, 0.5) is 5.69 Å². The minimum absolute atomic E-state index is 0.160. The number of carbonyl (C=O) groups is 3. The number of amides is 2. The molecule has 8 heteroatoms. The Bertz CT molecular complexity index is 1350. The Balaban J connectivity index is 1.52. The number of rotatable bonds is 3. The van der Waals surface area contributed by atoms with Crippen LogP contribution in [0.15, 0.2) is 66.2 Å². The second-order valence-corrected chi connectivity index (χ2v) is 10.1. The molecule has 4 unspecified atom stereocenters. The zero-order chi connectivity index (χ0) is 22.9. The zero-order valence-corrected chi connectivity index (χ0v) is 19.3. The highest BCUT2D eigenvalue weighted by Gasteiger charge is 2.64. The summed E-state index contributed by atoms with van der Waals surface area (Å²) in [5, 5.41) is 2.45. The lowest BCUT2D eigenvalue weighted by molar-refractivity contribution is -0.123. The summed E-state index contributed by atoms with van der Waals surface area (Å²) in [6.45, 7) is 0.